The highest BCUT2D eigenvalue weighted by Gasteiger charge is 2.37. The van der Waals surface area contributed by atoms with E-state index in [1.807, 2.05) is 0 Å². The zero-order valence-electron chi connectivity index (χ0n) is 18.3. The minimum absolute atomic E-state index is 0.118. The van der Waals surface area contributed by atoms with Gasteiger partial charge in [-0.1, -0.05) is 12.1 Å². The van der Waals surface area contributed by atoms with Gasteiger partial charge in [0.15, 0.2) is 7.11 Å². The lowest BCUT2D eigenvalue weighted by Gasteiger charge is -2.28. The van der Waals surface area contributed by atoms with Gasteiger partial charge in [-0.2, -0.15) is 0 Å². The zero-order valence-corrected chi connectivity index (χ0v) is 18.3. The van der Waals surface area contributed by atoms with Crippen molar-refractivity contribution >= 4 is 45.0 Å². The summed E-state index contributed by atoms with van der Waals surface area (Å²) in [6.07, 6.45) is 0. The fourth-order valence-corrected chi connectivity index (χ4v) is 4.37. The van der Waals surface area contributed by atoms with E-state index in [1.54, 1.807) is 50.5 Å². The van der Waals surface area contributed by atoms with E-state index in [0.717, 1.165) is 4.90 Å². The summed E-state index contributed by atoms with van der Waals surface area (Å²) in [6, 6.07) is 11.2. The molecule has 10 nitrogen and oxygen atoms in total. The lowest BCUT2D eigenvalue weighted by atomic mass is 9.93. The van der Waals surface area contributed by atoms with Gasteiger partial charge in [0.2, 0.25) is 0 Å². The standard InChI is InChI=1S/C23H19N4O6/c1-24-16-10-18(19(32-3)11-17(16)25(2)23(24)30)26-21(28)14-7-5-6-12-8-13(27(31)33-4)9-15(20(12)14)22(26)29/h5-11H,1-4H3/q+1. The van der Waals surface area contributed by atoms with Crippen molar-refractivity contribution in [1.29, 1.82) is 0 Å². The number of anilines is 1. The van der Waals surface area contributed by atoms with E-state index >= 15 is 0 Å². The number of aromatic nitrogens is 2. The third-order valence-corrected chi connectivity index (χ3v) is 6.02. The average molecular weight is 447 g/mol. The van der Waals surface area contributed by atoms with Crippen LogP contribution in [0.5, 0.6) is 5.75 Å². The summed E-state index contributed by atoms with van der Waals surface area (Å²) in [4.78, 5) is 57.8. The molecular formula is C23H19N4O6+. The van der Waals surface area contributed by atoms with Gasteiger partial charge >= 0.3 is 11.4 Å². The summed E-state index contributed by atoms with van der Waals surface area (Å²) in [6.45, 7) is 0. The molecule has 0 saturated carbocycles. The number of imide groups is 1. The monoisotopic (exact) mass is 447 g/mol. The van der Waals surface area contributed by atoms with Gasteiger partial charge in [-0.3, -0.25) is 18.7 Å². The molecule has 1 aliphatic rings. The Morgan fingerprint density at radius 3 is 2.18 bits per heavy atom. The summed E-state index contributed by atoms with van der Waals surface area (Å²) in [7, 11) is 5.88. The maximum atomic E-state index is 13.7. The molecule has 0 N–H and O–H groups in total. The number of carbonyl (C=O) groups excluding carboxylic acids is 2. The number of hydrogen-bond donors (Lipinski definition) is 0. The first-order chi connectivity index (χ1) is 15.8. The molecule has 10 heteroatoms. The molecule has 3 aromatic carbocycles. The summed E-state index contributed by atoms with van der Waals surface area (Å²) in [5.41, 5.74) is 1.67. The number of carbonyl (C=O) groups is 2. The number of rotatable bonds is 4. The average Bonchev–Trinajstić information content (AvgIpc) is 3.04. The molecular weight excluding hydrogens is 428 g/mol. The summed E-state index contributed by atoms with van der Waals surface area (Å²) in [5, 5.41) is 1.02. The van der Waals surface area contributed by atoms with E-state index in [-0.39, 0.29) is 28.4 Å². The number of ether oxygens (including phenoxy) is 1. The fraction of sp³-hybridized carbons (Fsp3) is 0.174. The van der Waals surface area contributed by atoms with E-state index < -0.39 is 11.8 Å². The van der Waals surface area contributed by atoms with Crippen LogP contribution in [0.25, 0.3) is 21.8 Å². The third kappa shape index (κ3) is 2.70. The van der Waals surface area contributed by atoms with Gasteiger partial charge in [0.05, 0.1) is 34.3 Å². The Kier molecular flexibility index (Phi) is 4.35. The fourth-order valence-electron chi connectivity index (χ4n) is 4.37. The van der Waals surface area contributed by atoms with Gasteiger partial charge in [0, 0.05) is 43.2 Å². The van der Waals surface area contributed by atoms with E-state index in [1.165, 1.54) is 29.4 Å². The maximum Gasteiger partial charge on any atom is 0.328 e. The predicted octanol–water partition coefficient (Wildman–Crippen LogP) is 2.81. The van der Waals surface area contributed by atoms with Crippen LogP contribution >= 0.6 is 0 Å². The Morgan fingerprint density at radius 2 is 1.52 bits per heavy atom. The summed E-state index contributed by atoms with van der Waals surface area (Å²) < 4.78 is 8.38. The van der Waals surface area contributed by atoms with Crippen molar-refractivity contribution in [3.05, 3.63) is 69.0 Å². The lowest BCUT2D eigenvalue weighted by molar-refractivity contribution is -0.736. The number of fused-ring (bicyclic) bond motifs is 1. The Hall–Kier alpha value is -4.47. The number of methoxy groups -OCH3 is 1. The highest BCUT2D eigenvalue weighted by Crippen LogP contribution is 2.40. The first kappa shape index (κ1) is 20.4. The molecule has 0 aliphatic carbocycles. The van der Waals surface area contributed by atoms with Crippen LogP contribution in [0, 0.1) is 4.91 Å². The van der Waals surface area contributed by atoms with Crippen LogP contribution in [-0.2, 0) is 18.9 Å². The smallest absolute Gasteiger partial charge is 0.328 e. The van der Waals surface area contributed by atoms with Crippen molar-refractivity contribution < 1.29 is 24.1 Å². The Morgan fingerprint density at radius 1 is 0.848 bits per heavy atom. The number of hydrogen-bond acceptors (Lipinski definition) is 6. The van der Waals surface area contributed by atoms with Gasteiger partial charge in [-0.25, -0.2) is 14.5 Å². The topological polar surface area (TPSA) is 103 Å². The van der Waals surface area contributed by atoms with Crippen LogP contribution in [0.3, 0.4) is 0 Å². The highest BCUT2D eigenvalue weighted by molar-refractivity contribution is 6.36. The van der Waals surface area contributed by atoms with Crippen LogP contribution in [-0.4, -0.2) is 40.1 Å². The summed E-state index contributed by atoms with van der Waals surface area (Å²) in [5.74, 6) is -0.900. The second-order valence-corrected chi connectivity index (χ2v) is 7.70. The van der Waals surface area contributed by atoms with E-state index in [4.69, 9.17) is 9.57 Å². The molecule has 1 aromatic heterocycles. The van der Waals surface area contributed by atoms with E-state index in [9.17, 15) is 19.3 Å². The van der Waals surface area contributed by atoms with Crippen LogP contribution in [0.1, 0.15) is 20.7 Å². The lowest BCUT2D eigenvalue weighted by Crippen LogP contribution is -2.40. The molecule has 5 rings (SSSR count). The Bertz CT molecular complexity index is 1600. The number of aryl methyl sites for hydroxylation is 2. The van der Waals surface area contributed by atoms with Crippen molar-refractivity contribution in [2.24, 2.45) is 14.1 Å². The molecule has 1 aliphatic heterocycles. The Labute approximate surface area is 186 Å². The molecule has 166 valence electrons. The molecule has 0 saturated heterocycles. The second-order valence-electron chi connectivity index (χ2n) is 7.70. The number of nitrogens with zero attached hydrogens (tertiary/aromatic N) is 4. The van der Waals surface area contributed by atoms with Crippen molar-refractivity contribution in [1.82, 2.24) is 9.13 Å². The zero-order chi connectivity index (χ0) is 23.6. The van der Waals surface area contributed by atoms with Crippen molar-refractivity contribution in [3.63, 3.8) is 0 Å². The summed E-state index contributed by atoms with van der Waals surface area (Å²) >= 11 is 0. The SMILES string of the molecule is COc1cc2c(cc1N1C(=O)c3cccc4cc([N+](=O)OC)cc(c34)C1=O)n(C)c(=O)n2C. The van der Waals surface area contributed by atoms with Gasteiger partial charge in [0.25, 0.3) is 16.7 Å². The first-order valence-corrected chi connectivity index (χ1v) is 9.98. The molecule has 0 unspecified atom stereocenters. The molecule has 0 spiro atoms. The number of benzene rings is 3. The van der Waals surface area contributed by atoms with Gasteiger partial charge in [-0.05, 0) is 17.5 Å². The van der Waals surface area contributed by atoms with E-state index in [2.05, 4.69) is 0 Å². The highest BCUT2D eigenvalue weighted by atomic mass is 16.8. The third-order valence-electron chi connectivity index (χ3n) is 6.02. The normalized spacial score (nSPS) is 13.2. The van der Waals surface area contributed by atoms with Crippen LogP contribution < -0.4 is 15.3 Å². The molecule has 0 bridgehead atoms. The van der Waals surface area contributed by atoms with Crippen LogP contribution in [0.2, 0.25) is 0 Å². The Balaban J connectivity index is 1.80. The first-order valence-electron chi connectivity index (χ1n) is 9.98. The quantitative estimate of drug-likeness (QED) is 0.352. The van der Waals surface area contributed by atoms with Crippen LogP contribution in [0.15, 0.2) is 47.3 Å². The molecule has 2 amide bonds. The number of imidazole rings is 1. The van der Waals surface area contributed by atoms with Crippen molar-refractivity contribution in [3.8, 4) is 5.75 Å². The van der Waals surface area contributed by atoms with Gasteiger partial charge in [0.1, 0.15) is 5.75 Å². The largest absolute Gasteiger partial charge is 0.494 e. The van der Waals surface area contributed by atoms with Crippen molar-refractivity contribution in [2.75, 3.05) is 19.1 Å². The molecule has 0 atom stereocenters. The minimum Gasteiger partial charge on any atom is -0.494 e. The van der Waals surface area contributed by atoms with Gasteiger partial charge in [-0.15, -0.1) is 0 Å². The molecule has 0 fully saturated rings. The molecule has 4 aromatic rings. The molecule has 33 heavy (non-hydrogen) atoms. The van der Waals surface area contributed by atoms with Crippen LogP contribution in [0.4, 0.5) is 11.4 Å². The molecule has 0 radical (unpaired) electrons. The minimum atomic E-state index is -0.617. The van der Waals surface area contributed by atoms with E-state index in [0.29, 0.717) is 32.3 Å². The van der Waals surface area contributed by atoms with Gasteiger partial charge < -0.3 is 4.74 Å². The second kappa shape index (κ2) is 7.02. The molecule has 2 heterocycles. The number of amides is 2. The predicted molar refractivity (Wildman–Crippen MR) is 120 cm³/mol. The van der Waals surface area contributed by atoms with Crippen molar-refractivity contribution in [2.45, 2.75) is 0 Å². The maximum absolute atomic E-state index is 13.7.